The quantitative estimate of drug-likeness (QED) is 0.775. The molecular weight excluding hydrogens is 354 g/mol. The molecule has 4 nitrogen and oxygen atoms in total. The third-order valence-electron chi connectivity index (χ3n) is 4.83. The summed E-state index contributed by atoms with van der Waals surface area (Å²) < 4.78 is 3.11. The average Bonchev–Trinajstić information content (AvgIpc) is 2.97. The Balaban J connectivity index is 1.66. The molecule has 5 heteroatoms. The first-order chi connectivity index (χ1) is 11.2. The van der Waals surface area contributed by atoms with Crippen molar-refractivity contribution in [2.75, 3.05) is 6.54 Å². The molecule has 0 bridgehead atoms. The third-order valence-corrected chi connectivity index (χ3v) is 5.32. The van der Waals surface area contributed by atoms with Gasteiger partial charge >= 0.3 is 0 Å². The predicted molar refractivity (Wildman–Crippen MR) is 96.3 cm³/mol. The first-order valence-corrected chi connectivity index (χ1v) is 9.38. The number of amides is 1. The molecule has 1 aliphatic carbocycles. The molecule has 0 N–H and O–H groups in total. The van der Waals surface area contributed by atoms with Crippen molar-refractivity contribution in [3.8, 4) is 0 Å². The van der Waals surface area contributed by atoms with Crippen molar-refractivity contribution >= 4 is 32.9 Å². The minimum absolute atomic E-state index is 0.274. The minimum Gasteiger partial charge on any atom is -0.340 e. The van der Waals surface area contributed by atoms with E-state index in [0.29, 0.717) is 19.0 Å². The van der Waals surface area contributed by atoms with E-state index in [4.69, 9.17) is 0 Å². The first kappa shape index (κ1) is 16.5. The molecule has 3 rings (SSSR count). The summed E-state index contributed by atoms with van der Waals surface area (Å²) in [6.45, 7) is 3.60. The lowest BCUT2D eigenvalue weighted by Gasteiger charge is -2.33. The molecule has 0 radical (unpaired) electrons. The number of rotatable bonds is 5. The van der Waals surface area contributed by atoms with Gasteiger partial charge in [-0.15, -0.1) is 0 Å². The van der Waals surface area contributed by atoms with Crippen LogP contribution >= 0.6 is 15.9 Å². The topological polar surface area (TPSA) is 38.1 Å². The summed E-state index contributed by atoms with van der Waals surface area (Å²) in [5.41, 5.74) is 2.05. The van der Waals surface area contributed by atoms with E-state index in [1.54, 1.807) is 0 Å². The minimum atomic E-state index is 0.274. The standard InChI is InChI=1S/C18H24BrN3O/c1-2-22(15-6-4-3-5-7-15)18(23)10-11-21-13-20-16-9-8-14(19)12-17(16)21/h8-9,12-13,15H,2-7,10-11H2,1H3. The van der Waals surface area contributed by atoms with Crippen molar-refractivity contribution in [2.24, 2.45) is 0 Å². The number of hydrogen-bond acceptors (Lipinski definition) is 2. The summed E-state index contributed by atoms with van der Waals surface area (Å²) in [7, 11) is 0. The summed E-state index contributed by atoms with van der Waals surface area (Å²) >= 11 is 3.50. The van der Waals surface area contributed by atoms with E-state index in [2.05, 4.69) is 43.4 Å². The molecule has 0 unspecified atom stereocenters. The fourth-order valence-electron chi connectivity index (χ4n) is 3.60. The highest BCUT2D eigenvalue weighted by molar-refractivity contribution is 9.10. The second-order valence-electron chi connectivity index (χ2n) is 6.29. The Morgan fingerprint density at radius 2 is 2.13 bits per heavy atom. The number of benzene rings is 1. The molecule has 1 heterocycles. The van der Waals surface area contributed by atoms with E-state index < -0.39 is 0 Å². The Bertz CT molecular complexity index is 676. The van der Waals surface area contributed by atoms with Gasteiger partial charge in [0.15, 0.2) is 0 Å². The maximum Gasteiger partial charge on any atom is 0.224 e. The lowest BCUT2D eigenvalue weighted by atomic mass is 9.94. The molecular formula is C18H24BrN3O. The van der Waals surface area contributed by atoms with Crippen molar-refractivity contribution in [1.29, 1.82) is 0 Å². The van der Waals surface area contributed by atoms with Crippen LogP contribution in [0.4, 0.5) is 0 Å². The first-order valence-electron chi connectivity index (χ1n) is 8.59. The molecule has 1 aromatic heterocycles. The van der Waals surface area contributed by atoms with Crippen molar-refractivity contribution in [3.63, 3.8) is 0 Å². The normalized spacial score (nSPS) is 15.9. The number of fused-ring (bicyclic) bond motifs is 1. The van der Waals surface area contributed by atoms with E-state index in [-0.39, 0.29) is 5.91 Å². The summed E-state index contributed by atoms with van der Waals surface area (Å²) in [4.78, 5) is 19.2. The van der Waals surface area contributed by atoms with Crippen LogP contribution in [0.25, 0.3) is 11.0 Å². The highest BCUT2D eigenvalue weighted by Gasteiger charge is 2.23. The van der Waals surface area contributed by atoms with Crippen molar-refractivity contribution in [1.82, 2.24) is 14.5 Å². The molecule has 1 saturated carbocycles. The second kappa shape index (κ2) is 7.47. The molecule has 0 spiro atoms. The number of halogens is 1. The van der Waals surface area contributed by atoms with Crippen LogP contribution in [0.15, 0.2) is 29.0 Å². The van der Waals surface area contributed by atoms with Gasteiger partial charge in [0.25, 0.3) is 0 Å². The third kappa shape index (κ3) is 3.77. The zero-order valence-corrected chi connectivity index (χ0v) is 15.3. The second-order valence-corrected chi connectivity index (χ2v) is 7.21. The Kier molecular flexibility index (Phi) is 5.36. The Hall–Kier alpha value is -1.36. The van der Waals surface area contributed by atoms with Crippen LogP contribution < -0.4 is 0 Å². The lowest BCUT2D eigenvalue weighted by Crippen LogP contribution is -2.41. The van der Waals surface area contributed by atoms with E-state index in [0.717, 1.165) is 22.1 Å². The monoisotopic (exact) mass is 377 g/mol. The van der Waals surface area contributed by atoms with E-state index in [1.807, 2.05) is 18.5 Å². The molecule has 0 aliphatic heterocycles. The molecule has 1 fully saturated rings. The van der Waals surface area contributed by atoms with E-state index in [9.17, 15) is 4.79 Å². The summed E-state index contributed by atoms with van der Waals surface area (Å²) in [5, 5.41) is 0. The zero-order valence-electron chi connectivity index (χ0n) is 13.7. The predicted octanol–water partition coefficient (Wildman–Crippen LogP) is 4.37. The largest absolute Gasteiger partial charge is 0.340 e. The van der Waals surface area contributed by atoms with Crippen LogP contribution in [0.1, 0.15) is 45.4 Å². The van der Waals surface area contributed by atoms with Gasteiger partial charge < -0.3 is 9.47 Å². The average molecular weight is 378 g/mol. The number of nitrogens with zero attached hydrogens (tertiary/aromatic N) is 3. The van der Waals surface area contributed by atoms with Gasteiger partial charge in [-0.3, -0.25) is 4.79 Å². The van der Waals surface area contributed by atoms with Crippen LogP contribution in [0.3, 0.4) is 0 Å². The van der Waals surface area contributed by atoms with Gasteiger partial charge in [0.2, 0.25) is 5.91 Å². The van der Waals surface area contributed by atoms with Crippen LogP contribution in [-0.2, 0) is 11.3 Å². The number of hydrogen-bond donors (Lipinski definition) is 0. The smallest absolute Gasteiger partial charge is 0.224 e. The highest BCUT2D eigenvalue weighted by Crippen LogP contribution is 2.23. The highest BCUT2D eigenvalue weighted by atomic mass is 79.9. The van der Waals surface area contributed by atoms with Gasteiger partial charge in [0, 0.05) is 30.0 Å². The SMILES string of the molecule is CCN(C(=O)CCn1cnc2ccc(Br)cc21)C1CCCCC1. The molecule has 1 aromatic carbocycles. The molecule has 0 saturated heterocycles. The van der Waals surface area contributed by atoms with Crippen molar-refractivity contribution < 1.29 is 4.79 Å². The zero-order chi connectivity index (χ0) is 16.2. The molecule has 1 amide bonds. The fourth-order valence-corrected chi connectivity index (χ4v) is 3.95. The summed E-state index contributed by atoms with van der Waals surface area (Å²) in [6, 6.07) is 6.51. The number of carbonyl (C=O) groups is 1. The maximum absolute atomic E-state index is 12.7. The van der Waals surface area contributed by atoms with Crippen LogP contribution in [0, 0.1) is 0 Å². The number of imidazole rings is 1. The molecule has 124 valence electrons. The Labute approximate surface area is 146 Å². The molecule has 1 aliphatic rings. The maximum atomic E-state index is 12.7. The van der Waals surface area contributed by atoms with Gasteiger partial charge in [-0.2, -0.15) is 0 Å². The van der Waals surface area contributed by atoms with E-state index >= 15 is 0 Å². The van der Waals surface area contributed by atoms with Gasteiger partial charge in [-0.25, -0.2) is 4.98 Å². The van der Waals surface area contributed by atoms with Gasteiger partial charge in [-0.05, 0) is 38.0 Å². The van der Waals surface area contributed by atoms with Gasteiger partial charge in [-0.1, -0.05) is 35.2 Å². The number of aromatic nitrogens is 2. The summed E-state index contributed by atoms with van der Waals surface area (Å²) in [6.07, 6.45) is 8.55. The Morgan fingerprint density at radius 1 is 1.35 bits per heavy atom. The van der Waals surface area contributed by atoms with Gasteiger partial charge in [0.05, 0.1) is 17.4 Å². The Morgan fingerprint density at radius 3 is 2.87 bits per heavy atom. The van der Waals surface area contributed by atoms with E-state index in [1.165, 1.54) is 32.1 Å². The number of carbonyl (C=O) groups excluding carboxylic acids is 1. The molecule has 2 aromatic rings. The van der Waals surface area contributed by atoms with Crippen molar-refractivity contribution in [3.05, 3.63) is 29.0 Å². The molecule has 23 heavy (non-hydrogen) atoms. The van der Waals surface area contributed by atoms with Crippen LogP contribution in [0.5, 0.6) is 0 Å². The van der Waals surface area contributed by atoms with Gasteiger partial charge in [0.1, 0.15) is 0 Å². The van der Waals surface area contributed by atoms with Crippen molar-refractivity contribution in [2.45, 2.75) is 58.0 Å². The summed E-state index contributed by atoms with van der Waals surface area (Å²) in [5.74, 6) is 0.274. The molecule has 0 atom stereocenters. The van der Waals surface area contributed by atoms with Crippen LogP contribution in [-0.4, -0.2) is 32.9 Å². The lowest BCUT2D eigenvalue weighted by molar-refractivity contribution is -0.134. The number of aryl methyl sites for hydroxylation is 1. The van der Waals surface area contributed by atoms with Crippen LogP contribution in [0.2, 0.25) is 0 Å². The fraction of sp³-hybridized carbons (Fsp3) is 0.556.